The number of thiophene rings is 1. The Morgan fingerprint density at radius 1 is 1.56 bits per heavy atom. The molecular weight excluding hydrogens is 294 g/mol. The van der Waals surface area contributed by atoms with Gasteiger partial charge in [-0.05, 0) is 34.0 Å². The summed E-state index contributed by atoms with van der Waals surface area (Å²) < 4.78 is 0.899. The third-order valence-corrected chi connectivity index (χ3v) is 3.55. The highest BCUT2D eigenvalue weighted by atomic mass is 79.9. The lowest BCUT2D eigenvalue weighted by atomic mass is 10.1. The van der Waals surface area contributed by atoms with Gasteiger partial charge in [-0.2, -0.15) is 0 Å². The number of hydrogen-bond donors (Lipinski definition) is 2. The molecule has 0 fully saturated rings. The van der Waals surface area contributed by atoms with Crippen molar-refractivity contribution in [2.24, 2.45) is 5.92 Å². The van der Waals surface area contributed by atoms with Gasteiger partial charge in [0.2, 0.25) is 0 Å². The Morgan fingerprint density at radius 2 is 2.25 bits per heavy atom. The first-order valence-electron chi connectivity index (χ1n) is 4.74. The van der Waals surface area contributed by atoms with Gasteiger partial charge in [0, 0.05) is 13.0 Å². The van der Waals surface area contributed by atoms with Crippen LogP contribution in [0.15, 0.2) is 15.9 Å². The smallest absolute Gasteiger partial charge is 0.303 e. The van der Waals surface area contributed by atoms with Crippen LogP contribution in [-0.4, -0.2) is 23.5 Å². The van der Waals surface area contributed by atoms with E-state index in [0.29, 0.717) is 11.4 Å². The normalized spacial score (nSPS) is 12.1. The summed E-state index contributed by atoms with van der Waals surface area (Å²) in [6.45, 7) is 2.17. The van der Waals surface area contributed by atoms with Crippen LogP contribution >= 0.6 is 27.3 Å². The molecule has 0 spiro atoms. The number of carboxylic acids is 1. The average molecular weight is 306 g/mol. The number of carbonyl (C=O) groups is 2. The van der Waals surface area contributed by atoms with Crippen molar-refractivity contribution in [3.05, 3.63) is 20.8 Å². The van der Waals surface area contributed by atoms with Gasteiger partial charge in [0.15, 0.2) is 0 Å². The molecule has 0 radical (unpaired) electrons. The summed E-state index contributed by atoms with van der Waals surface area (Å²) >= 11 is 4.62. The topological polar surface area (TPSA) is 66.4 Å². The van der Waals surface area contributed by atoms with E-state index in [1.807, 2.05) is 0 Å². The maximum Gasteiger partial charge on any atom is 0.303 e. The van der Waals surface area contributed by atoms with Gasteiger partial charge in [-0.1, -0.05) is 6.92 Å². The monoisotopic (exact) mass is 305 g/mol. The van der Waals surface area contributed by atoms with E-state index >= 15 is 0 Å². The van der Waals surface area contributed by atoms with Gasteiger partial charge < -0.3 is 10.4 Å². The van der Waals surface area contributed by atoms with Crippen LogP contribution in [0.25, 0.3) is 0 Å². The predicted octanol–water partition coefficient (Wildman–Crippen LogP) is 2.35. The Labute approximate surface area is 106 Å². The lowest BCUT2D eigenvalue weighted by Crippen LogP contribution is -2.28. The van der Waals surface area contributed by atoms with Crippen molar-refractivity contribution in [1.29, 1.82) is 0 Å². The minimum Gasteiger partial charge on any atom is -0.481 e. The number of halogens is 1. The van der Waals surface area contributed by atoms with Crippen LogP contribution in [0.4, 0.5) is 0 Å². The van der Waals surface area contributed by atoms with Crippen molar-refractivity contribution < 1.29 is 14.7 Å². The second-order valence-electron chi connectivity index (χ2n) is 3.52. The van der Waals surface area contributed by atoms with Crippen molar-refractivity contribution in [3.63, 3.8) is 0 Å². The van der Waals surface area contributed by atoms with E-state index in [1.165, 1.54) is 11.3 Å². The van der Waals surface area contributed by atoms with Crippen LogP contribution in [0, 0.1) is 5.92 Å². The van der Waals surface area contributed by atoms with E-state index < -0.39 is 5.97 Å². The first-order chi connectivity index (χ1) is 7.49. The van der Waals surface area contributed by atoms with Gasteiger partial charge in [0.1, 0.15) is 0 Å². The average Bonchev–Trinajstić information content (AvgIpc) is 2.60. The fraction of sp³-hybridized carbons (Fsp3) is 0.400. The molecule has 0 saturated heterocycles. The van der Waals surface area contributed by atoms with Crippen molar-refractivity contribution in [2.75, 3.05) is 6.54 Å². The molecule has 2 N–H and O–H groups in total. The van der Waals surface area contributed by atoms with Gasteiger partial charge in [-0.25, -0.2) is 0 Å². The summed E-state index contributed by atoms with van der Waals surface area (Å²) in [7, 11) is 0. The molecule has 1 atom stereocenters. The molecule has 0 aliphatic carbocycles. The van der Waals surface area contributed by atoms with E-state index in [4.69, 9.17) is 5.11 Å². The lowest BCUT2D eigenvalue weighted by Gasteiger charge is -2.09. The molecule has 1 aromatic heterocycles. The van der Waals surface area contributed by atoms with Crippen LogP contribution in [0.1, 0.15) is 23.0 Å². The van der Waals surface area contributed by atoms with Crippen LogP contribution in [0.3, 0.4) is 0 Å². The number of nitrogens with one attached hydrogen (secondary N) is 1. The first-order valence-corrected chi connectivity index (χ1v) is 6.35. The van der Waals surface area contributed by atoms with Crippen molar-refractivity contribution in [1.82, 2.24) is 5.32 Å². The van der Waals surface area contributed by atoms with Crippen LogP contribution in [-0.2, 0) is 4.79 Å². The summed E-state index contributed by atoms with van der Waals surface area (Å²) in [5, 5.41) is 11.3. The molecule has 16 heavy (non-hydrogen) atoms. The predicted molar refractivity (Wildman–Crippen MR) is 65.8 cm³/mol. The molecular formula is C10H12BrNO3S. The minimum absolute atomic E-state index is 0.0639. The second kappa shape index (κ2) is 6.00. The van der Waals surface area contributed by atoms with E-state index in [1.54, 1.807) is 19.1 Å². The standard InChI is InChI=1S/C10H12BrNO3S/c1-6(4-9(13)14)5-12-10(15)7-2-3-8(11)16-7/h2-3,6H,4-5H2,1H3,(H,12,15)(H,13,14). The fourth-order valence-electron chi connectivity index (χ4n) is 1.16. The van der Waals surface area contributed by atoms with Crippen LogP contribution < -0.4 is 5.32 Å². The molecule has 4 nitrogen and oxygen atoms in total. The Balaban J connectivity index is 2.38. The number of aliphatic carboxylic acids is 1. The number of amides is 1. The SMILES string of the molecule is CC(CNC(=O)c1ccc(Br)s1)CC(=O)O. The third-order valence-electron chi connectivity index (χ3n) is 1.93. The van der Waals surface area contributed by atoms with E-state index in [2.05, 4.69) is 21.2 Å². The largest absolute Gasteiger partial charge is 0.481 e. The van der Waals surface area contributed by atoms with Crippen molar-refractivity contribution in [2.45, 2.75) is 13.3 Å². The van der Waals surface area contributed by atoms with E-state index in [-0.39, 0.29) is 18.2 Å². The molecule has 6 heteroatoms. The Hall–Kier alpha value is -0.880. The summed E-state index contributed by atoms with van der Waals surface area (Å²) in [4.78, 5) is 22.6. The summed E-state index contributed by atoms with van der Waals surface area (Å²) in [5.74, 6) is -1.07. The number of hydrogen-bond acceptors (Lipinski definition) is 3. The molecule has 0 aliphatic heterocycles. The number of carboxylic acid groups (broad SMARTS) is 1. The molecule has 0 aliphatic rings. The molecule has 1 aromatic rings. The number of rotatable bonds is 5. The molecule has 1 rings (SSSR count). The Kier molecular flexibility index (Phi) is 4.95. The number of carbonyl (C=O) groups excluding carboxylic acids is 1. The molecule has 1 heterocycles. The Morgan fingerprint density at radius 3 is 2.75 bits per heavy atom. The molecule has 0 saturated carbocycles. The van der Waals surface area contributed by atoms with Crippen LogP contribution in [0.5, 0.6) is 0 Å². The zero-order valence-corrected chi connectivity index (χ0v) is 11.1. The molecule has 0 aromatic carbocycles. The fourth-order valence-corrected chi connectivity index (χ4v) is 2.46. The van der Waals surface area contributed by atoms with Gasteiger partial charge in [0.05, 0.1) is 8.66 Å². The van der Waals surface area contributed by atoms with Crippen molar-refractivity contribution >= 4 is 39.1 Å². The molecule has 88 valence electrons. The van der Waals surface area contributed by atoms with E-state index in [9.17, 15) is 9.59 Å². The summed E-state index contributed by atoms with van der Waals surface area (Å²) in [5.41, 5.74) is 0. The van der Waals surface area contributed by atoms with Gasteiger partial charge in [-0.15, -0.1) is 11.3 Å². The zero-order valence-electron chi connectivity index (χ0n) is 8.70. The summed E-state index contributed by atoms with van der Waals surface area (Å²) in [6.07, 6.45) is 0.0639. The second-order valence-corrected chi connectivity index (χ2v) is 5.98. The lowest BCUT2D eigenvalue weighted by molar-refractivity contribution is -0.137. The van der Waals surface area contributed by atoms with Crippen LogP contribution in [0.2, 0.25) is 0 Å². The first kappa shape index (κ1) is 13.2. The highest BCUT2D eigenvalue weighted by Gasteiger charge is 2.11. The maximum absolute atomic E-state index is 11.6. The van der Waals surface area contributed by atoms with Gasteiger partial charge in [0.25, 0.3) is 5.91 Å². The third kappa shape index (κ3) is 4.32. The van der Waals surface area contributed by atoms with Gasteiger partial charge in [-0.3, -0.25) is 9.59 Å². The van der Waals surface area contributed by atoms with Crippen molar-refractivity contribution in [3.8, 4) is 0 Å². The minimum atomic E-state index is -0.847. The van der Waals surface area contributed by atoms with E-state index in [0.717, 1.165) is 3.79 Å². The molecule has 1 unspecified atom stereocenters. The molecule has 0 bridgehead atoms. The van der Waals surface area contributed by atoms with Gasteiger partial charge >= 0.3 is 5.97 Å². The highest BCUT2D eigenvalue weighted by Crippen LogP contribution is 2.21. The quantitative estimate of drug-likeness (QED) is 0.877. The Bertz CT molecular complexity index is 391. The highest BCUT2D eigenvalue weighted by molar-refractivity contribution is 9.11. The maximum atomic E-state index is 11.6. The summed E-state index contributed by atoms with van der Waals surface area (Å²) in [6, 6.07) is 3.53. The zero-order chi connectivity index (χ0) is 12.1. The molecule has 1 amide bonds.